The molecule has 0 saturated carbocycles. The predicted molar refractivity (Wildman–Crippen MR) is 69.1 cm³/mol. The van der Waals surface area contributed by atoms with Gasteiger partial charge in [0.2, 0.25) is 0 Å². The Labute approximate surface area is 96.4 Å². The molecule has 84 valence electrons. The fraction of sp³-hybridized carbons (Fsp3) is 0. The first-order chi connectivity index (χ1) is 7.71. The molecule has 0 aliphatic rings. The lowest BCUT2D eigenvalue weighted by Crippen LogP contribution is -2.22. The van der Waals surface area contributed by atoms with Crippen LogP contribution in [0.3, 0.4) is 0 Å². The van der Waals surface area contributed by atoms with Crippen molar-refractivity contribution in [3.63, 3.8) is 0 Å². The van der Waals surface area contributed by atoms with Gasteiger partial charge >= 0.3 is 0 Å². The Morgan fingerprint density at radius 2 is 1.81 bits per heavy atom. The first kappa shape index (κ1) is 13.9. The molecule has 0 aromatic heterocycles. The normalized spacial score (nSPS) is 12.3. The van der Waals surface area contributed by atoms with Gasteiger partial charge in [-0.25, -0.2) is 10.1 Å². The molecule has 0 radical (unpaired) electrons. The van der Waals surface area contributed by atoms with Crippen molar-refractivity contribution in [3.05, 3.63) is 74.7 Å². The van der Waals surface area contributed by atoms with E-state index >= 15 is 0 Å². The van der Waals surface area contributed by atoms with Crippen LogP contribution in [0, 0.1) is 0 Å². The summed E-state index contributed by atoms with van der Waals surface area (Å²) in [6, 6.07) is 0. The van der Waals surface area contributed by atoms with Crippen molar-refractivity contribution in [2.24, 2.45) is 4.99 Å². The Morgan fingerprint density at radius 1 is 1.12 bits per heavy atom. The summed E-state index contributed by atoms with van der Waals surface area (Å²) in [7, 11) is 0. The van der Waals surface area contributed by atoms with Crippen LogP contribution in [0.1, 0.15) is 0 Å². The Bertz CT molecular complexity index is 362. The minimum Gasteiger partial charge on any atom is -0.283 e. The first-order valence-electron chi connectivity index (χ1n) is 4.62. The van der Waals surface area contributed by atoms with E-state index in [-0.39, 0.29) is 0 Å². The molecule has 0 aliphatic heterocycles. The number of amidine groups is 1. The fourth-order valence-corrected chi connectivity index (χ4v) is 0.942. The van der Waals surface area contributed by atoms with Crippen molar-refractivity contribution in [1.82, 2.24) is 5.06 Å². The summed E-state index contributed by atoms with van der Waals surface area (Å²) in [4.78, 5) is 3.95. The second-order valence-electron chi connectivity index (χ2n) is 2.61. The Morgan fingerprint density at radius 3 is 2.25 bits per heavy atom. The topological polar surface area (TPSA) is 35.8 Å². The maximum atomic E-state index is 9.55. The summed E-state index contributed by atoms with van der Waals surface area (Å²) < 4.78 is 0. The van der Waals surface area contributed by atoms with E-state index in [4.69, 9.17) is 0 Å². The highest BCUT2D eigenvalue weighted by atomic mass is 16.5. The van der Waals surface area contributed by atoms with Gasteiger partial charge in [0.15, 0.2) is 5.84 Å². The highest BCUT2D eigenvalue weighted by Gasteiger charge is 2.07. The van der Waals surface area contributed by atoms with Gasteiger partial charge in [-0.1, -0.05) is 56.7 Å². The van der Waals surface area contributed by atoms with Gasteiger partial charge in [0.05, 0.1) is 0 Å². The molecule has 0 bridgehead atoms. The van der Waals surface area contributed by atoms with E-state index in [1.807, 2.05) is 0 Å². The van der Waals surface area contributed by atoms with Crippen LogP contribution in [0.25, 0.3) is 0 Å². The van der Waals surface area contributed by atoms with Gasteiger partial charge in [-0.15, -0.1) is 0 Å². The average Bonchev–Trinajstić information content (AvgIpc) is 2.31. The lowest BCUT2D eigenvalue weighted by Gasteiger charge is -2.14. The largest absolute Gasteiger partial charge is 0.283 e. The number of rotatable bonds is 6. The van der Waals surface area contributed by atoms with Crippen LogP contribution in [0.5, 0.6) is 0 Å². The molecule has 0 aromatic carbocycles. The molecule has 0 atom stereocenters. The number of allylic oxidation sites excluding steroid dienone is 4. The van der Waals surface area contributed by atoms with E-state index in [9.17, 15) is 5.21 Å². The van der Waals surface area contributed by atoms with Gasteiger partial charge in [-0.2, -0.15) is 0 Å². The van der Waals surface area contributed by atoms with E-state index in [1.165, 1.54) is 12.4 Å². The zero-order valence-electron chi connectivity index (χ0n) is 9.21. The maximum Gasteiger partial charge on any atom is 0.164 e. The van der Waals surface area contributed by atoms with Gasteiger partial charge in [0.1, 0.15) is 0 Å². The molecule has 3 nitrogen and oxygen atoms in total. The predicted octanol–water partition coefficient (Wildman–Crippen LogP) is 3.22. The summed E-state index contributed by atoms with van der Waals surface area (Å²) in [5.74, 6) is 0.308. The standard InChI is InChI=1S/C13H16N2O/c1-5-9-11-12(10-6-2)13(14-7-3)15(16)8-4/h5-11,16H,1-4H2/b11-9-,12-10+,14-13-. The molecule has 0 amide bonds. The molecule has 0 heterocycles. The van der Waals surface area contributed by atoms with Gasteiger partial charge in [0.25, 0.3) is 0 Å². The minimum atomic E-state index is 0.308. The summed E-state index contributed by atoms with van der Waals surface area (Å²) in [6.07, 6.45) is 11.0. The average molecular weight is 216 g/mol. The van der Waals surface area contributed by atoms with Gasteiger partial charge < -0.3 is 0 Å². The SMILES string of the molecule is C=C\C=C/C(=C\C=C)C(=N/C=C)/N(O)C=C. The second kappa shape index (κ2) is 8.20. The van der Waals surface area contributed by atoms with Crippen LogP contribution in [-0.2, 0) is 0 Å². The smallest absolute Gasteiger partial charge is 0.164 e. The Balaban J connectivity index is 5.34. The molecule has 1 N–H and O–H groups in total. The van der Waals surface area contributed by atoms with E-state index in [1.54, 1.807) is 30.4 Å². The number of hydroxylamine groups is 2. The Hall–Kier alpha value is -2.13. The van der Waals surface area contributed by atoms with E-state index < -0.39 is 0 Å². The highest BCUT2D eigenvalue weighted by Crippen LogP contribution is 2.06. The summed E-state index contributed by atoms with van der Waals surface area (Å²) in [5.41, 5.74) is 0.664. The number of hydrogen-bond donors (Lipinski definition) is 1. The van der Waals surface area contributed by atoms with Crippen LogP contribution in [0.4, 0.5) is 0 Å². The van der Waals surface area contributed by atoms with Crippen molar-refractivity contribution in [1.29, 1.82) is 0 Å². The Kier molecular flexibility index (Phi) is 7.11. The maximum absolute atomic E-state index is 9.55. The third-order valence-electron chi connectivity index (χ3n) is 1.57. The number of nitrogens with zero attached hydrogens (tertiary/aromatic N) is 2. The first-order valence-corrected chi connectivity index (χ1v) is 4.62. The molecule has 0 aliphatic carbocycles. The molecule has 3 heteroatoms. The summed E-state index contributed by atoms with van der Waals surface area (Å²) in [5, 5.41) is 10.4. The summed E-state index contributed by atoms with van der Waals surface area (Å²) >= 11 is 0. The van der Waals surface area contributed by atoms with Crippen molar-refractivity contribution in [2.45, 2.75) is 0 Å². The fourth-order valence-electron chi connectivity index (χ4n) is 0.942. The van der Waals surface area contributed by atoms with Crippen LogP contribution in [-0.4, -0.2) is 16.1 Å². The number of aliphatic imine (C=N–C) groups is 1. The van der Waals surface area contributed by atoms with Crippen molar-refractivity contribution in [3.8, 4) is 0 Å². The third kappa shape index (κ3) is 4.39. The van der Waals surface area contributed by atoms with Crippen molar-refractivity contribution in [2.75, 3.05) is 0 Å². The van der Waals surface area contributed by atoms with Crippen LogP contribution >= 0.6 is 0 Å². The monoisotopic (exact) mass is 216 g/mol. The molecule has 0 spiro atoms. The zero-order chi connectivity index (χ0) is 12.4. The van der Waals surface area contributed by atoms with Gasteiger partial charge in [-0.3, -0.25) is 5.21 Å². The molecule has 0 saturated heterocycles. The zero-order valence-corrected chi connectivity index (χ0v) is 9.21. The van der Waals surface area contributed by atoms with Gasteiger partial charge in [-0.05, 0) is 0 Å². The molecule has 0 unspecified atom stereocenters. The van der Waals surface area contributed by atoms with E-state index in [2.05, 4.69) is 31.3 Å². The molecule has 0 fully saturated rings. The van der Waals surface area contributed by atoms with Crippen LogP contribution in [0.15, 0.2) is 79.7 Å². The molecule has 0 aromatic rings. The second-order valence-corrected chi connectivity index (χ2v) is 2.61. The quantitative estimate of drug-likeness (QED) is 0.320. The molecule has 0 rings (SSSR count). The van der Waals surface area contributed by atoms with Crippen molar-refractivity contribution >= 4 is 5.84 Å². The lowest BCUT2D eigenvalue weighted by molar-refractivity contribution is 0.0388. The lowest BCUT2D eigenvalue weighted by atomic mass is 10.2. The molecule has 16 heavy (non-hydrogen) atoms. The van der Waals surface area contributed by atoms with Gasteiger partial charge in [0, 0.05) is 18.0 Å². The van der Waals surface area contributed by atoms with E-state index in [0.29, 0.717) is 11.4 Å². The number of hydrogen-bond acceptors (Lipinski definition) is 2. The summed E-state index contributed by atoms with van der Waals surface area (Å²) in [6.45, 7) is 14.1. The van der Waals surface area contributed by atoms with Crippen LogP contribution < -0.4 is 0 Å². The minimum absolute atomic E-state index is 0.308. The van der Waals surface area contributed by atoms with Crippen molar-refractivity contribution < 1.29 is 5.21 Å². The third-order valence-corrected chi connectivity index (χ3v) is 1.57. The molecular formula is C13H16N2O. The highest BCUT2D eigenvalue weighted by molar-refractivity contribution is 6.01. The van der Waals surface area contributed by atoms with Crippen LogP contribution in [0.2, 0.25) is 0 Å². The molecular weight excluding hydrogens is 200 g/mol. The van der Waals surface area contributed by atoms with E-state index in [0.717, 1.165) is 5.06 Å².